The number of tetrazole rings is 1. The first-order valence-corrected chi connectivity index (χ1v) is 9.26. The van der Waals surface area contributed by atoms with E-state index in [0.717, 1.165) is 4.90 Å². The molecule has 25 heavy (non-hydrogen) atoms. The van der Waals surface area contributed by atoms with E-state index in [1.165, 1.54) is 0 Å². The van der Waals surface area contributed by atoms with Gasteiger partial charge in [-0.1, -0.05) is 30.7 Å². The van der Waals surface area contributed by atoms with Crippen LogP contribution in [-0.4, -0.2) is 32.4 Å². The molecule has 0 atom stereocenters. The summed E-state index contributed by atoms with van der Waals surface area (Å²) in [4.78, 5) is 13.7. The third kappa shape index (κ3) is 3.67. The quantitative estimate of drug-likeness (QED) is 0.687. The fraction of sp³-hybridized carbons (Fsp3) is 0.176. The number of amides is 1. The molecule has 0 fully saturated rings. The lowest BCUT2D eigenvalue weighted by molar-refractivity contribution is 0.102. The Morgan fingerprint density at radius 2 is 2.08 bits per heavy atom. The minimum Gasteiger partial charge on any atom is -0.320 e. The van der Waals surface area contributed by atoms with Crippen molar-refractivity contribution in [2.45, 2.75) is 18.2 Å². The van der Waals surface area contributed by atoms with Gasteiger partial charge in [-0.05, 0) is 47.0 Å². The summed E-state index contributed by atoms with van der Waals surface area (Å²) < 4.78 is 1.62. The van der Waals surface area contributed by atoms with Crippen LogP contribution in [0.1, 0.15) is 23.1 Å². The standard InChI is InChI=1S/C17H16ClN5OS/c1-3-16-20-21-22-23(16)15-7-5-4-6-14(15)19-17(24)12-10-11(25-2)8-9-13(12)18/h4-10H,3H2,1-2H3,(H,19,24). The third-order valence-electron chi connectivity index (χ3n) is 3.65. The number of anilines is 1. The van der Waals surface area contributed by atoms with Crippen LogP contribution in [0.5, 0.6) is 0 Å². The van der Waals surface area contributed by atoms with Gasteiger partial charge in [0.25, 0.3) is 5.91 Å². The van der Waals surface area contributed by atoms with Gasteiger partial charge in [-0.25, -0.2) is 0 Å². The molecule has 2 aromatic carbocycles. The van der Waals surface area contributed by atoms with Crippen molar-refractivity contribution in [2.24, 2.45) is 0 Å². The van der Waals surface area contributed by atoms with Crippen LogP contribution in [0.15, 0.2) is 47.4 Å². The van der Waals surface area contributed by atoms with Gasteiger partial charge in [0.15, 0.2) is 5.82 Å². The number of carbonyl (C=O) groups excluding carboxylic acids is 1. The largest absolute Gasteiger partial charge is 0.320 e. The molecule has 0 aliphatic rings. The van der Waals surface area contributed by atoms with Gasteiger partial charge in [0.05, 0.1) is 22.0 Å². The van der Waals surface area contributed by atoms with Crippen LogP contribution in [0.3, 0.4) is 0 Å². The highest BCUT2D eigenvalue weighted by Gasteiger charge is 2.16. The Balaban J connectivity index is 1.95. The molecule has 6 nitrogen and oxygen atoms in total. The number of para-hydroxylation sites is 2. The number of hydrogen-bond acceptors (Lipinski definition) is 5. The van der Waals surface area contributed by atoms with Crippen LogP contribution >= 0.6 is 23.4 Å². The number of nitrogens with one attached hydrogen (secondary N) is 1. The first-order valence-electron chi connectivity index (χ1n) is 7.65. The van der Waals surface area contributed by atoms with Crippen LogP contribution < -0.4 is 5.32 Å². The first-order chi connectivity index (χ1) is 12.1. The monoisotopic (exact) mass is 373 g/mol. The molecule has 0 saturated carbocycles. The number of rotatable bonds is 5. The Morgan fingerprint density at radius 3 is 2.84 bits per heavy atom. The summed E-state index contributed by atoms with van der Waals surface area (Å²) in [6.45, 7) is 1.97. The maximum absolute atomic E-state index is 12.7. The number of nitrogens with zero attached hydrogens (tertiary/aromatic N) is 4. The van der Waals surface area contributed by atoms with Crippen LogP contribution in [0.4, 0.5) is 5.69 Å². The van der Waals surface area contributed by atoms with Gasteiger partial charge in [0.1, 0.15) is 0 Å². The van der Waals surface area contributed by atoms with Crippen molar-refractivity contribution in [2.75, 3.05) is 11.6 Å². The minimum absolute atomic E-state index is 0.278. The van der Waals surface area contributed by atoms with E-state index in [0.29, 0.717) is 34.2 Å². The second-order valence-electron chi connectivity index (χ2n) is 5.18. The van der Waals surface area contributed by atoms with Crippen molar-refractivity contribution in [3.05, 3.63) is 58.9 Å². The molecule has 0 bridgehead atoms. The van der Waals surface area contributed by atoms with Crippen molar-refractivity contribution in [1.29, 1.82) is 0 Å². The lowest BCUT2D eigenvalue weighted by atomic mass is 10.2. The smallest absolute Gasteiger partial charge is 0.257 e. The molecule has 0 aliphatic carbocycles. The second kappa shape index (κ2) is 7.67. The van der Waals surface area contributed by atoms with Gasteiger partial charge in [0.2, 0.25) is 0 Å². The van der Waals surface area contributed by atoms with Crippen molar-refractivity contribution < 1.29 is 4.79 Å². The van der Waals surface area contributed by atoms with E-state index in [4.69, 9.17) is 11.6 Å². The topological polar surface area (TPSA) is 72.7 Å². The van der Waals surface area contributed by atoms with Crippen molar-refractivity contribution in [3.8, 4) is 5.69 Å². The van der Waals surface area contributed by atoms with Crippen molar-refractivity contribution >= 4 is 35.0 Å². The molecule has 128 valence electrons. The predicted molar refractivity (Wildman–Crippen MR) is 99.7 cm³/mol. The maximum Gasteiger partial charge on any atom is 0.257 e. The number of thioether (sulfide) groups is 1. The molecular formula is C17H16ClN5OS. The number of aromatic nitrogens is 4. The van der Waals surface area contributed by atoms with Gasteiger partial charge < -0.3 is 5.32 Å². The average molecular weight is 374 g/mol. The van der Waals surface area contributed by atoms with Gasteiger partial charge in [-0.15, -0.1) is 16.9 Å². The highest BCUT2D eigenvalue weighted by molar-refractivity contribution is 7.98. The molecule has 3 aromatic rings. The van der Waals surface area contributed by atoms with Crippen molar-refractivity contribution in [1.82, 2.24) is 20.2 Å². The van der Waals surface area contributed by atoms with Gasteiger partial charge in [-0.2, -0.15) is 4.68 Å². The Labute approximate surface area is 154 Å². The van der Waals surface area contributed by atoms with Crippen LogP contribution in [0.2, 0.25) is 5.02 Å². The zero-order chi connectivity index (χ0) is 17.8. The van der Waals surface area contributed by atoms with Crippen molar-refractivity contribution in [3.63, 3.8) is 0 Å². The van der Waals surface area contributed by atoms with E-state index in [-0.39, 0.29) is 5.91 Å². The van der Waals surface area contributed by atoms with E-state index in [1.54, 1.807) is 34.6 Å². The fourth-order valence-electron chi connectivity index (χ4n) is 2.37. The van der Waals surface area contributed by atoms with E-state index in [9.17, 15) is 4.79 Å². The lowest BCUT2D eigenvalue weighted by Crippen LogP contribution is -2.15. The number of benzene rings is 2. The van der Waals surface area contributed by atoms with Gasteiger partial charge in [0, 0.05) is 11.3 Å². The maximum atomic E-state index is 12.7. The first kappa shape index (κ1) is 17.4. The highest BCUT2D eigenvalue weighted by Crippen LogP contribution is 2.26. The van der Waals surface area contributed by atoms with Gasteiger partial charge >= 0.3 is 0 Å². The van der Waals surface area contributed by atoms with Crippen LogP contribution in [-0.2, 0) is 6.42 Å². The van der Waals surface area contributed by atoms with Crippen LogP contribution in [0.25, 0.3) is 5.69 Å². The SMILES string of the molecule is CCc1nnnn1-c1ccccc1NC(=O)c1cc(SC)ccc1Cl. The molecule has 1 aromatic heterocycles. The fourth-order valence-corrected chi connectivity index (χ4v) is 3.02. The van der Waals surface area contributed by atoms with Crippen LogP contribution in [0, 0.1) is 0 Å². The molecule has 3 rings (SSSR count). The third-order valence-corrected chi connectivity index (χ3v) is 4.70. The Kier molecular flexibility index (Phi) is 5.35. The molecule has 0 radical (unpaired) electrons. The number of carbonyl (C=O) groups is 1. The van der Waals surface area contributed by atoms with E-state index >= 15 is 0 Å². The highest BCUT2D eigenvalue weighted by atomic mass is 35.5. The summed E-state index contributed by atoms with van der Waals surface area (Å²) in [5, 5.41) is 15.0. The number of hydrogen-bond donors (Lipinski definition) is 1. The lowest BCUT2D eigenvalue weighted by Gasteiger charge is -2.12. The Hall–Kier alpha value is -2.38. The summed E-state index contributed by atoms with van der Waals surface area (Å²) in [5.74, 6) is 0.434. The molecule has 8 heteroatoms. The van der Waals surface area contributed by atoms with Gasteiger partial charge in [-0.3, -0.25) is 4.79 Å². The molecule has 0 aliphatic heterocycles. The average Bonchev–Trinajstić information content (AvgIpc) is 3.11. The number of halogens is 1. The second-order valence-corrected chi connectivity index (χ2v) is 6.46. The molecule has 1 amide bonds. The molecule has 0 unspecified atom stereocenters. The van der Waals surface area contributed by atoms with E-state index < -0.39 is 0 Å². The normalized spacial score (nSPS) is 10.7. The summed E-state index contributed by atoms with van der Waals surface area (Å²) in [6, 6.07) is 12.8. The minimum atomic E-state index is -0.278. The Bertz CT molecular complexity index is 912. The Morgan fingerprint density at radius 1 is 1.28 bits per heavy atom. The summed E-state index contributed by atoms with van der Waals surface area (Å²) in [6.07, 6.45) is 2.63. The summed E-state index contributed by atoms with van der Waals surface area (Å²) in [5.41, 5.74) is 1.74. The molecular weight excluding hydrogens is 358 g/mol. The molecule has 0 spiro atoms. The summed E-state index contributed by atoms with van der Waals surface area (Å²) in [7, 11) is 0. The van der Waals surface area contributed by atoms with E-state index in [1.807, 2.05) is 37.4 Å². The van der Waals surface area contributed by atoms with E-state index in [2.05, 4.69) is 20.8 Å². The summed E-state index contributed by atoms with van der Waals surface area (Å²) >= 11 is 7.75. The zero-order valence-electron chi connectivity index (χ0n) is 13.7. The predicted octanol–water partition coefficient (Wildman–Crippen LogP) is 3.85. The molecule has 1 N–H and O–H groups in total. The zero-order valence-corrected chi connectivity index (χ0v) is 15.3. The molecule has 0 saturated heterocycles. The molecule has 1 heterocycles. The number of aryl methyl sites for hydroxylation is 1.